The highest BCUT2D eigenvalue weighted by atomic mass is 19.1. The van der Waals surface area contributed by atoms with E-state index in [4.69, 9.17) is 0 Å². The van der Waals surface area contributed by atoms with Crippen LogP contribution in [0.25, 0.3) is 0 Å². The van der Waals surface area contributed by atoms with E-state index in [0.717, 1.165) is 6.20 Å². The zero-order valence-electron chi connectivity index (χ0n) is 10.2. The van der Waals surface area contributed by atoms with Crippen molar-refractivity contribution in [3.05, 3.63) is 57.8 Å². The maximum atomic E-state index is 12.8. The van der Waals surface area contributed by atoms with Crippen LogP contribution in [0, 0.1) is 22.9 Å². The van der Waals surface area contributed by atoms with Crippen LogP contribution >= 0.6 is 0 Å². The molecule has 0 saturated heterocycles. The molecule has 0 aliphatic heterocycles. The molecule has 0 radical (unpaired) electrons. The quantitative estimate of drug-likeness (QED) is 0.677. The molecule has 1 aromatic carbocycles. The van der Waals surface area contributed by atoms with Crippen molar-refractivity contribution in [1.82, 2.24) is 9.55 Å². The first-order chi connectivity index (χ1) is 8.99. The third-order valence-electron chi connectivity index (χ3n) is 2.83. The van der Waals surface area contributed by atoms with Crippen LogP contribution in [0.15, 0.2) is 30.5 Å². The molecule has 2 aromatic rings. The van der Waals surface area contributed by atoms with Crippen LogP contribution in [0.1, 0.15) is 17.5 Å². The summed E-state index contributed by atoms with van der Waals surface area (Å²) in [5.41, 5.74) is 0.490. The molecule has 0 amide bonds. The fourth-order valence-corrected chi connectivity index (χ4v) is 1.79. The van der Waals surface area contributed by atoms with E-state index in [-0.39, 0.29) is 12.4 Å². The zero-order chi connectivity index (χ0) is 14.0. The van der Waals surface area contributed by atoms with Gasteiger partial charge in [0.1, 0.15) is 24.7 Å². The van der Waals surface area contributed by atoms with Gasteiger partial charge in [0.15, 0.2) is 5.82 Å². The van der Waals surface area contributed by atoms with Gasteiger partial charge in [-0.05, 0) is 22.6 Å². The Balaban J connectivity index is 2.23. The van der Waals surface area contributed by atoms with Gasteiger partial charge < -0.3 is 15.2 Å². The summed E-state index contributed by atoms with van der Waals surface area (Å²) in [5, 5.41) is 20.8. The van der Waals surface area contributed by atoms with Gasteiger partial charge in [0, 0.05) is 6.92 Å². The van der Waals surface area contributed by atoms with Crippen molar-refractivity contribution in [2.45, 2.75) is 19.6 Å². The van der Waals surface area contributed by atoms with Gasteiger partial charge in [0.05, 0.1) is 0 Å². The van der Waals surface area contributed by atoms with E-state index < -0.39 is 16.8 Å². The van der Waals surface area contributed by atoms with Crippen molar-refractivity contribution in [2.24, 2.45) is 0 Å². The normalized spacial score (nSPS) is 12.4. The highest BCUT2D eigenvalue weighted by molar-refractivity contribution is 5.22. The molecule has 0 spiro atoms. The summed E-state index contributed by atoms with van der Waals surface area (Å²) >= 11 is 0. The number of rotatable bonds is 4. The SMILES string of the molecule is Cc1ncc([N+](=O)[O-])n1CC(O)c1ccc(F)cc1. The Bertz CT molecular complexity index is 595. The number of halogens is 1. The van der Waals surface area contributed by atoms with E-state index in [0.29, 0.717) is 11.4 Å². The molecule has 1 atom stereocenters. The second-order valence-corrected chi connectivity index (χ2v) is 4.10. The molecular weight excluding hydrogens is 253 g/mol. The number of aryl methyl sites for hydroxylation is 1. The van der Waals surface area contributed by atoms with E-state index in [1.165, 1.54) is 28.8 Å². The Morgan fingerprint density at radius 1 is 1.47 bits per heavy atom. The van der Waals surface area contributed by atoms with E-state index in [1.54, 1.807) is 6.92 Å². The van der Waals surface area contributed by atoms with Crippen molar-refractivity contribution in [2.75, 3.05) is 0 Å². The number of hydrogen-bond acceptors (Lipinski definition) is 4. The predicted octanol–water partition coefficient (Wildman–Crippen LogP) is 1.97. The molecule has 6 nitrogen and oxygen atoms in total. The number of nitro groups is 1. The molecule has 0 bridgehead atoms. The maximum Gasteiger partial charge on any atom is 0.342 e. The molecular formula is C12H12FN3O3. The van der Waals surface area contributed by atoms with E-state index in [9.17, 15) is 19.6 Å². The highest BCUT2D eigenvalue weighted by Crippen LogP contribution is 2.20. The Hall–Kier alpha value is -2.28. The second-order valence-electron chi connectivity index (χ2n) is 4.10. The van der Waals surface area contributed by atoms with Crippen LogP contribution in [0.3, 0.4) is 0 Å². The van der Waals surface area contributed by atoms with Crippen LogP contribution in [-0.2, 0) is 6.54 Å². The summed E-state index contributed by atoms with van der Waals surface area (Å²) in [6, 6.07) is 5.34. The standard InChI is InChI=1S/C12H12FN3O3/c1-8-14-6-12(16(18)19)15(8)7-11(17)9-2-4-10(13)5-3-9/h2-6,11,17H,7H2,1H3. The van der Waals surface area contributed by atoms with Crippen molar-refractivity contribution in [1.29, 1.82) is 0 Å². The number of aromatic nitrogens is 2. The minimum absolute atomic E-state index is 0.00617. The third kappa shape index (κ3) is 2.76. The molecule has 0 aliphatic carbocycles. The van der Waals surface area contributed by atoms with Gasteiger partial charge in [-0.3, -0.25) is 0 Å². The molecule has 19 heavy (non-hydrogen) atoms. The molecule has 1 heterocycles. The summed E-state index contributed by atoms with van der Waals surface area (Å²) in [5.74, 6) is -0.146. The summed E-state index contributed by atoms with van der Waals surface area (Å²) in [6.07, 6.45) is 0.180. The Morgan fingerprint density at radius 2 is 2.11 bits per heavy atom. The Labute approximate surface area is 108 Å². The number of aliphatic hydroxyl groups is 1. The fourth-order valence-electron chi connectivity index (χ4n) is 1.79. The van der Waals surface area contributed by atoms with Crippen LogP contribution < -0.4 is 0 Å². The van der Waals surface area contributed by atoms with Gasteiger partial charge in [-0.1, -0.05) is 12.1 Å². The molecule has 1 unspecified atom stereocenters. The molecule has 2 rings (SSSR count). The first-order valence-electron chi connectivity index (χ1n) is 5.59. The minimum atomic E-state index is -0.966. The van der Waals surface area contributed by atoms with Gasteiger partial charge in [0.25, 0.3) is 0 Å². The van der Waals surface area contributed by atoms with E-state index in [2.05, 4.69) is 4.98 Å². The number of aliphatic hydroxyl groups excluding tert-OH is 1. The number of imidazole rings is 1. The van der Waals surface area contributed by atoms with E-state index in [1.807, 2.05) is 0 Å². The smallest absolute Gasteiger partial charge is 0.342 e. The van der Waals surface area contributed by atoms with E-state index >= 15 is 0 Å². The fraction of sp³-hybridized carbons (Fsp3) is 0.250. The largest absolute Gasteiger partial charge is 0.384 e. The van der Waals surface area contributed by atoms with Gasteiger partial charge in [-0.15, -0.1) is 0 Å². The number of nitrogens with zero attached hydrogens (tertiary/aromatic N) is 3. The predicted molar refractivity (Wildman–Crippen MR) is 65.0 cm³/mol. The molecule has 100 valence electrons. The summed E-state index contributed by atoms with van der Waals surface area (Å²) in [7, 11) is 0. The van der Waals surface area contributed by atoms with Crippen LogP contribution in [0.2, 0.25) is 0 Å². The van der Waals surface area contributed by atoms with Crippen molar-refractivity contribution < 1.29 is 14.4 Å². The highest BCUT2D eigenvalue weighted by Gasteiger charge is 2.21. The lowest BCUT2D eigenvalue weighted by Gasteiger charge is -2.10. The molecule has 0 fully saturated rings. The number of benzene rings is 1. The monoisotopic (exact) mass is 265 g/mol. The van der Waals surface area contributed by atoms with Crippen LogP contribution in [0.5, 0.6) is 0 Å². The van der Waals surface area contributed by atoms with Crippen LogP contribution in [-0.4, -0.2) is 19.6 Å². The van der Waals surface area contributed by atoms with Gasteiger partial charge >= 0.3 is 5.82 Å². The second kappa shape index (κ2) is 5.15. The average Bonchev–Trinajstić information content (AvgIpc) is 2.72. The molecule has 0 aliphatic rings. The third-order valence-corrected chi connectivity index (χ3v) is 2.83. The van der Waals surface area contributed by atoms with Crippen molar-refractivity contribution in [3.63, 3.8) is 0 Å². The Kier molecular flexibility index (Phi) is 3.57. The number of hydrogen-bond donors (Lipinski definition) is 1. The van der Waals surface area contributed by atoms with Gasteiger partial charge in [-0.2, -0.15) is 0 Å². The summed E-state index contributed by atoms with van der Waals surface area (Å²) < 4.78 is 14.1. The first-order valence-corrected chi connectivity index (χ1v) is 5.59. The van der Waals surface area contributed by atoms with Gasteiger partial charge in [0.2, 0.25) is 0 Å². The topological polar surface area (TPSA) is 81.2 Å². The lowest BCUT2D eigenvalue weighted by Crippen LogP contribution is -2.12. The van der Waals surface area contributed by atoms with Crippen LogP contribution in [0.4, 0.5) is 10.2 Å². The molecule has 7 heteroatoms. The summed E-state index contributed by atoms with van der Waals surface area (Å²) in [4.78, 5) is 14.1. The zero-order valence-corrected chi connectivity index (χ0v) is 10.2. The van der Waals surface area contributed by atoms with Gasteiger partial charge in [-0.25, -0.2) is 13.9 Å². The molecule has 1 N–H and O–H groups in total. The average molecular weight is 265 g/mol. The first kappa shape index (κ1) is 13.2. The molecule has 0 saturated carbocycles. The molecule has 1 aromatic heterocycles. The maximum absolute atomic E-state index is 12.8. The van der Waals surface area contributed by atoms with Crippen molar-refractivity contribution in [3.8, 4) is 0 Å². The summed E-state index contributed by atoms with van der Waals surface area (Å²) in [6.45, 7) is 1.61. The lowest BCUT2D eigenvalue weighted by atomic mass is 10.1. The lowest BCUT2D eigenvalue weighted by molar-refractivity contribution is -0.392. The Morgan fingerprint density at radius 3 is 2.68 bits per heavy atom. The van der Waals surface area contributed by atoms with Crippen molar-refractivity contribution >= 4 is 5.82 Å². The minimum Gasteiger partial charge on any atom is -0.384 e.